The number of nitrogens with one attached hydrogen (secondary N) is 1. The number of rotatable bonds is 4. The van der Waals surface area contributed by atoms with E-state index in [9.17, 15) is 0 Å². The fraction of sp³-hybridized carbons (Fsp3) is 0.176. The Labute approximate surface area is 128 Å². The van der Waals surface area contributed by atoms with E-state index < -0.39 is 0 Å². The third-order valence-corrected chi connectivity index (χ3v) is 5.09. The van der Waals surface area contributed by atoms with Crippen molar-refractivity contribution in [2.75, 3.05) is 11.6 Å². The van der Waals surface area contributed by atoms with Gasteiger partial charge in [0.15, 0.2) is 0 Å². The van der Waals surface area contributed by atoms with Gasteiger partial charge in [-0.15, -0.1) is 23.1 Å². The molecule has 1 aromatic heterocycles. The lowest BCUT2D eigenvalue weighted by atomic mass is 10.1. The largest absolute Gasteiger partial charge is 0.379 e. The van der Waals surface area contributed by atoms with Crippen molar-refractivity contribution in [1.82, 2.24) is 0 Å². The van der Waals surface area contributed by atoms with Crippen LogP contribution < -0.4 is 5.32 Å². The normalized spacial score (nSPS) is 12.5. The summed E-state index contributed by atoms with van der Waals surface area (Å²) in [5.74, 6) is 0. The van der Waals surface area contributed by atoms with E-state index >= 15 is 0 Å². The lowest BCUT2D eigenvalue weighted by Gasteiger charge is -2.16. The zero-order chi connectivity index (χ0) is 13.9. The van der Waals surface area contributed by atoms with Crippen molar-refractivity contribution in [2.24, 2.45) is 0 Å². The zero-order valence-electron chi connectivity index (χ0n) is 11.6. The van der Waals surface area contributed by atoms with E-state index in [4.69, 9.17) is 0 Å². The van der Waals surface area contributed by atoms with Gasteiger partial charge in [-0.05, 0) is 65.9 Å². The summed E-state index contributed by atoms with van der Waals surface area (Å²) < 4.78 is 1.34. The molecule has 1 atom stereocenters. The van der Waals surface area contributed by atoms with Crippen LogP contribution in [0.3, 0.4) is 0 Å². The van der Waals surface area contributed by atoms with E-state index in [1.807, 2.05) is 0 Å². The minimum absolute atomic E-state index is 0.307. The molecule has 3 rings (SSSR count). The second-order valence-corrected chi connectivity index (χ2v) is 6.64. The molecule has 0 aliphatic carbocycles. The van der Waals surface area contributed by atoms with Crippen LogP contribution in [0.4, 0.5) is 5.69 Å². The Morgan fingerprint density at radius 2 is 1.85 bits per heavy atom. The van der Waals surface area contributed by atoms with Gasteiger partial charge < -0.3 is 5.32 Å². The van der Waals surface area contributed by atoms with Crippen molar-refractivity contribution < 1.29 is 0 Å². The van der Waals surface area contributed by atoms with Crippen molar-refractivity contribution in [1.29, 1.82) is 0 Å². The second kappa shape index (κ2) is 5.90. The fourth-order valence-electron chi connectivity index (χ4n) is 2.28. The van der Waals surface area contributed by atoms with Crippen LogP contribution in [-0.4, -0.2) is 6.26 Å². The molecule has 102 valence electrons. The quantitative estimate of drug-likeness (QED) is 0.611. The minimum atomic E-state index is 0.307. The molecule has 0 radical (unpaired) electrons. The Bertz CT molecular complexity index is 700. The van der Waals surface area contributed by atoms with Crippen molar-refractivity contribution >= 4 is 38.9 Å². The van der Waals surface area contributed by atoms with Crippen LogP contribution in [0.1, 0.15) is 18.5 Å². The third-order valence-electron chi connectivity index (χ3n) is 3.45. The topological polar surface area (TPSA) is 12.0 Å². The molecule has 3 heteroatoms. The van der Waals surface area contributed by atoms with Crippen LogP contribution in [-0.2, 0) is 0 Å². The van der Waals surface area contributed by atoms with E-state index in [1.54, 1.807) is 23.1 Å². The molecule has 0 aliphatic rings. The van der Waals surface area contributed by atoms with Crippen molar-refractivity contribution in [2.45, 2.75) is 17.9 Å². The molecule has 20 heavy (non-hydrogen) atoms. The lowest BCUT2D eigenvalue weighted by molar-refractivity contribution is 0.883. The molecular formula is C17H17NS2. The molecular weight excluding hydrogens is 282 g/mol. The molecule has 0 spiro atoms. The smallest absolute Gasteiger partial charge is 0.0485 e. The predicted octanol–water partition coefficient (Wildman–Crippen LogP) is 5.80. The van der Waals surface area contributed by atoms with E-state index in [0.717, 1.165) is 0 Å². The molecule has 0 aliphatic heterocycles. The monoisotopic (exact) mass is 299 g/mol. The van der Waals surface area contributed by atoms with Crippen LogP contribution in [0, 0.1) is 0 Å². The van der Waals surface area contributed by atoms with Gasteiger partial charge in [-0.25, -0.2) is 0 Å². The first-order valence-corrected chi connectivity index (χ1v) is 8.74. The van der Waals surface area contributed by atoms with Gasteiger partial charge in [0.25, 0.3) is 0 Å². The summed E-state index contributed by atoms with van der Waals surface area (Å²) in [6, 6.07) is 17.8. The average Bonchev–Trinajstić information content (AvgIpc) is 2.95. The second-order valence-electron chi connectivity index (χ2n) is 4.81. The van der Waals surface area contributed by atoms with Crippen LogP contribution in [0.2, 0.25) is 0 Å². The van der Waals surface area contributed by atoms with Gasteiger partial charge in [0.05, 0.1) is 0 Å². The summed E-state index contributed by atoms with van der Waals surface area (Å²) in [5, 5.41) is 7.02. The first-order chi connectivity index (χ1) is 9.76. The Balaban J connectivity index is 1.78. The van der Waals surface area contributed by atoms with Crippen LogP contribution >= 0.6 is 23.1 Å². The summed E-state index contributed by atoms with van der Waals surface area (Å²) >= 11 is 3.56. The highest BCUT2D eigenvalue weighted by molar-refractivity contribution is 7.98. The highest BCUT2D eigenvalue weighted by Crippen LogP contribution is 2.27. The molecule has 2 aromatic carbocycles. The molecule has 1 heterocycles. The average molecular weight is 299 g/mol. The summed E-state index contributed by atoms with van der Waals surface area (Å²) in [7, 11) is 0. The van der Waals surface area contributed by atoms with Crippen LogP contribution in [0.5, 0.6) is 0 Å². The maximum absolute atomic E-state index is 3.58. The molecule has 0 amide bonds. The molecule has 0 saturated heterocycles. The third kappa shape index (κ3) is 2.84. The summed E-state index contributed by atoms with van der Waals surface area (Å²) in [6.45, 7) is 2.20. The maximum atomic E-state index is 3.58. The van der Waals surface area contributed by atoms with Gasteiger partial charge in [0.1, 0.15) is 0 Å². The van der Waals surface area contributed by atoms with Gasteiger partial charge >= 0.3 is 0 Å². The van der Waals surface area contributed by atoms with Gasteiger partial charge in [-0.1, -0.05) is 12.1 Å². The van der Waals surface area contributed by atoms with Gasteiger partial charge in [-0.2, -0.15) is 0 Å². The Kier molecular flexibility index (Phi) is 3.99. The van der Waals surface area contributed by atoms with E-state index in [2.05, 4.69) is 72.4 Å². The fourth-order valence-corrected chi connectivity index (χ4v) is 3.46. The van der Waals surface area contributed by atoms with Crippen molar-refractivity contribution in [3.8, 4) is 0 Å². The van der Waals surface area contributed by atoms with E-state index in [-0.39, 0.29) is 0 Å². The predicted molar refractivity (Wildman–Crippen MR) is 92.1 cm³/mol. The summed E-state index contributed by atoms with van der Waals surface area (Å²) in [6.07, 6.45) is 2.10. The zero-order valence-corrected chi connectivity index (χ0v) is 13.2. The molecule has 1 N–H and O–H groups in total. The maximum Gasteiger partial charge on any atom is 0.0485 e. The van der Waals surface area contributed by atoms with Gasteiger partial charge in [0, 0.05) is 21.3 Å². The first-order valence-electron chi connectivity index (χ1n) is 6.64. The van der Waals surface area contributed by atoms with Crippen molar-refractivity contribution in [3.05, 3.63) is 59.5 Å². The van der Waals surface area contributed by atoms with Gasteiger partial charge in [-0.3, -0.25) is 0 Å². The molecule has 0 bridgehead atoms. The minimum Gasteiger partial charge on any atom is -0.379 e. The summed E-state index contributed by atoms with van der Waals surface area (Å²) in [5.41, 5.74) is 2.49. The van der Waals surface area contributed by atoms with Crippen molar-refractivity contribution in [3.63, 3.8) is 0 Å². The molecule has 0 fully saturated rings. The highest BCUT2D eigenvalue weighted by Gasteiger charge is 2.06. The number of thioether (sulfide) groups is 1. The van der Waals surface area contributed by atoms with Gasteiger partial charge in [0.2, 0.25) is 0 Å². The standard InChI is InChI=1S/C17H17NS2/c1-12(13-3-6-16(19-2)7-4-13)18-15-5-8-17-14(11-15)9-10-20-17/h3-12,18H,1-2H3. The summed E-state index contributed by atoms with van der Waals surface area (Å²) in [4.78, 5) is 1.31. The number of fused-ring (bicyclic) bond motifs is 1. The molecule has 1 nitrogen and oxygen atoms in total. The molecule has 0 saturated carbocycles. The highest BCUT2D eigenvalue weighted by atomic mass is 32.2. The Morgan fingerprint density at radius 1 is 1.05 bits per heavy atom. The molecule has 1 unspecified atom stereocenters. The van der Waals surface area contributed by atoms with Crippen LogP contribution in [0.25, 0.3) is 10.1 Å². The Hall–Kier alpha value is -1.45. The number of hydrogen-bond acceptors (Lipinski definition) is 3. The van der Waals surface area contributed by atoms with E-state index in [0.29, 0.717) is 6.04 Å². The lowest BCUT2D eigenvalue weighted by Crippen LogP contribution is -2.06. The number of anilines is 1. The molecule has 3 aromatic rings. The SMILES string of the molecule is CSc1ccc(C(C)Nc2ccc3sccc3c2)cc1. The van der Waals surface area contributed by atoms with E-state index in [1.165, 1.54) is 26.2 Å². The first kappa shape index (κ1) is 13.5. The Morgan fingerprint density at radius 3 is 2.60 bits per heavy atom. The number of hydrogen-bond donors (Lipinski definition) is 1. The number of thiophene rings is 1. The van der Waals surface area contributed by atoms with Crippen LogP contribution in [0.15, 0.2) is 58.8 Å². The number of benzene rings is 2.